The van der Waals surface area contributed by atoms with E-state index >= 15 is 0 Å². The summed E-state index contributed by atoms with van der Waals surface area (Å²) in [6.07, 6.45) is 4.26. The molecule has 0 radical (unpaired) electrons. The standard InChI is InChI=1S/C18H23N3O3S/c22-25(23)12-4-10-21(25)11-9-20-14-17-6-1-2-7-18(17)24-15-16-5-3-8-19-13-16/h1-3,5-8,13,20H,4,9-12,14-15H2. The number of rotatable bonds is 8. The molecular weight excluding hydrogens is 338 g/mol. The van der Waals surface area contributed by atoms with E-state index in [1.54, 1.807) is 16.7 Å². The van der Waals surface area contributed by atoms with E-state index in [4.69, 9.17) is 4.74 Å². The monoisotopic (exact) mass is 361 g/mol. The van der Waals surface area contributed by atoms with Crippen LogP contribution in [0.5, 0.6) is 5.75 Å². The molecule has 0 unspecified atom stereocenters. The Labute approximate surface area is 148 Å². The van der Waals surface area contributed by atoms with Gasteiger partial charge in [-0.1, -0.05) is 24.3 Å². The first kappa shape index (κ1) is 17.8. The van der Waals surface area contributed by atoms with Crippen LogP contribution < -0.4 is 10.1 Å². The maximum atomic E-state index is 11.8. The van der Waals surface area contributed by atoms with Gasteiger partial charge in [0, 0.05) is 49.7 Å². The van der Waals surface area contributed by atoms with Crippen molar-refractivity contribution in [3.8, 4) is 5.75 Å². The third-order valence-electron chi connectivity index (χ3n) is 4.15. The van der Waals surface area contributed by atoms with Crippen LogP contribution in [0, 0.1) is 0 Å². The normalized spacial score (nSPS) is 16.8. The highest BCUT2D eigenvalue weighted by Gasteiger charge is 2.27. The third-order valence-corrected chi connectivity index (χ3v) is 6.10. The van der Waals surface area contributed by atoms with Gasteiger partial charge in [-0.25, -0.2) is 12.7 Å². The third kappa shape index (κ3) is 5.01. The van der Waals surface area contributed by atoms with Gasteiger partial charge >= 0.3 is 0 Å². The largest absolute Gasteiger partial charge is 0.489 e. The number of hydrogen-bond donors (Lipinski definition) is 1. The van der Waals surface area contributed by atoms with E-state index in [2.05, 4.69) is 10.3 Å². The molecule has 1 aliphatic rings. The SMILES string of the molecule is O=S1(=O)CCCN1CCNCc1ccccc1OCc1cccnc1. The summed E-state index contributed by atoms with van der Waals surface area (Å²) in [4.78, 5) is 4.08. The molecule has 1 aliphatic heterocycles. The van der Waals surface area contributed by atoms with E-state index in [9.17, 15) is 8.42 Å². The fourth-order valence-electron chi connectivity index (χ4n) is 2.80. The average molecular weight is 361 g/mol. The van der Waals surface area contributed by atoms with Crippen molar-refractivity contribution >= 4 is 10.0 Å². The van der Waals surface area contributed by atoms with Gasteiger partial charge in [0.05, 0.1) is 5.75 Å². The molecule has 1 fully saturated rings. The number of sulfonamides is 1. The van der Waals surface area contributed by atoms with Crippen molar-refractivity contribution in [2.24, 2.45) is 0 Å². The van der Waals surface area contributed by atoms with Gasteiger partial charge in [-0.05, 0) is 18.6 Å². The maximum absolute atomic E-state index is 11.8. The Hall–Kier alpha value is -1.96. The molecule has 1 saturated heterocycles. The van der Waals surface area contributed by atoms with Gasteiger partial charge in [-0.3, -0.25) is 4.98 Å². The quantitative estimate of drug-likeness (QED) is 0.726. The van der Waals surface area contributed by atoms with E-state index in [0.29, 0.717) is 32.8 Å². The molecule has 0 amide bonds. The molecule has 7 heteroatoms. The summed E-state index contributed by atoms with van der Waals surface area (Å²) in [5.41, 5.74) is 2.07. The molecular formula is C18H23N3O3S. The number of aromatic nitrogens is 1. The molecule has 134 valence electrons. The van der Waals surface area contributed by atoms with Crippen LogP contribution in [0.3, 0.4) is 0 Å². The summed E-state index contributed by atoms with van der Waals surface area (Å²) < 4.78 is 31.0. The number of hydrogen-bond acceptors (Lipinski definition) is 5. The Balaban J connectivity index is 1.49. The van der Waals surface area contributed by atoms with Crippen LogP contribution in [0.2, 0.25) is 0 Å². The molecule has 6 nitrogen and oxygen atoms in total. The molecule has 0 aliphatic carbocycles. The lowest BCUT2D eigenvalue weighted by atomic mass is 10.2. The van der Waals surface area contributed by atoms with E-state index in [0.717, 1.165) is 23.3 Å². The molecule has 0 bridgehead atoms. The van der Waals surface area contributed by atoms with E-state index < -0.39 is 10.0 Å². The summed E-state index contributed by atoms with van der Waals surface area (Å²) in [5, 5.41) is 3.31. The summed E-state index contributed by atoms with van der Waals surface area (Å²) in [6, 6.07) is 11.7. The van der Waals surface area contributed by atoms with Crippen LogP contribution >= 0.6 is 0 Å². The summed E-state index contributed by atoms with van der Waals surface area (Å²) in [6.45, 7) is 2.88. The highest BCUT2D eigenvalue weighted by molar-refractivity contribution is 7.89. The molecule has 25 heavy (non-hydrogen) atoms. The Bertz CT molecular complexity index is 781. The molecule has 1 aromatic carbocycles. The maximum Gasteiger partial charge on any atom is 0.214 e. The predicted molar refractivity (Wildman–Crippen MR) is 96.7 cm³/mol. The zero-order valence-corrected chi connectivity index (χ0v) is 14.9. The Morgan fingerprint density at radius 1 is 1.20 bits per heavy atom. The first-order valence-electron chi connectivity index (χ1n) is 8.43. The lowest BCUT2D eigenvalue weighted by Gasteiger charge is -2.15. The lowest BCUT2D eigenvalue weighted by molar-refractivity contribution is 0.301. The fourth-order valence-corrected chi connectivity index (χ4v) is 4.33. The van der Waals surface area contributed by atoms with Gasteiger partial charge in [0.25, 0.3) is 0 Å². The Morgan fingerprint density at radius 2 is 2.08 bits per heavy atom. The van der Waals surface area contributed by atoms with Gasteiger partial charge in [0.15, 0.2) is 0 Å². The smallest absolute Gasteiger partial charge is 0.214 e. The van der Waals surface area contributed by atoms with Gasteiger partial charge in [-0.2, -0.15) is 0 Å². The Morgan fingerprint density at radius 3 is 2.84 bits per heavy atom. The van der Waals surface area contributed by atoms with E-state index in [1.807, 2.05) is 36.4 Å². The van der Waals surface area contributed by atoms with Gasteiger partial charge in [0.1, 0.15) is 12.4 Å². The number of pyridine rings is 1. The van der Waals surface area contributed by atoms with Crippen LogP contribution in [0.1, 0.15) is 17.5 Å². The van der Waals surface area contributed by atoms with Crippen molar-refractivity contribution in [3.05, 3.63) is 59.9 Å². The number of ether oxygens (including phenoxy) is 1. The van der Waals surface area contributed by atoms with Crippen molar-refractivity contribution < 1.29 is 13.2 Å². The zero-order valence-electron chi connectivity index (χ0n) is 14.1. The highest BCUT2D eigenvalue weighted by Crippen LogP contribution is 2.19. The molecule has 2 aromatic rings. The first-order chi connectivity index (χ1) is 12.1. The molecule has 1 N–H and O–H groups in total. The van der Waals surface area contributed by atoms with Crippen molar-refractivity contribution in [3.63, 3.8) is 0 Å². The number of para-hydroxylation sites is 1. The topological polar surface area (TPSA) is 71.5 Å². The van der Waals surface area contributed by atoms with Crippen LogP contribution in [0.25, 0.3) is 0 Å². The summed E-state index contributed by atoms with van der Waals surface area (Å²) >= 11 is 0. The fraction of sp³-hybridized carbons (Fsp3) is 0.389. The minimum Gasteiger partial charge on any atom is -0.489 e. The second-order valence-electron chi connectivity index (χ2n) is 6.00. The highest BCUT2D eigenvalue weighted by atomic mass is 32.2. The molecule has 0 spiro atoms. The molecule has 1 aromatic heterocycles. The van der Waals surface area contributed by atoms with Gasteiger partial charge in [-0.15, -0.1) is 0 Å². The number of nitrogens with zero attached hydrogens (tertiary/aromatic N) is 2. The lowest BCUT2D eigenvalue weighted by Crippen LogP contribution is -2.33. The molecule has 2 heterocycles. The van der Waals surface area contributed by atoms with Crippen molar-refractivity contribution in [1.29, 1.82) is 0 Å². The van der Waals surface area contributed by atoms with E-state index in [1.165, 1.54) is 0 Å². The summed E-state index contributed by atoms with van der Waals surface area (Å²) in [5.74, 6) is 1.10. The average Bonchev–Trinajstić information content (AvgIpc) is 2.97. The van der Waals surface area contributed by atoms with Gasteiger partial charge in [0.2, 0.25) is 10.0 Å². The second-order valence-corrected chi connectivity index (χ2v) is 8.09. The van der Waals surface area contributed by atoms with Crippen LogP contribution in [-0.4, -0.2) is 43.1 Å². The van der Waals surface area contributed by atoms with Crippen LogP contribution in [0.15, 0.2) is 48.8 Å². The van der Waals surface area contributed by atoms with Crippen LogP contribution in [-0.2, 0) is 23.2 Å². The Kier molecular flexibility index (Phi) is 6.01. The first-order valence-corrected chi connectivity index (χ1v) is 10.0. The molecule has 3 rings (SSSR count). The van der Waals surface area contributed by atoms with Crippen molar-refractivity contribution in [2.45, 2.75) is 19.6 Å². The number of benzene rings is 1. The second kappa shape index (κ2) is 8.42. The molecule has 0 saturated carbocycles. The van der Waals surface area contributed by atoms with E-state index in [-0.39, 0.29) is 5.75 Å². The number of nitrogens with one attached hydrogen (secondary N) is 1. The van der Waals surface area contributed by atoms with Crippen molar-refractivity contribution in [2.75, 3.05) is 25.4 Å². The van der Waals surface area contributed by atoms with Crippen LogP contribution in [0.4, 0.5) is 0 Å². The minimum atomic E-state index is -3.02. The molecule has 0 atom stereocenters. The minimum absolute atomic E-state index is 0.276. The summed E-state index contributed by atoms with van der Waals surface area (Å²) in [7, 11) is -3.02. The van der Waals surface area contributed by atoms with Gasteiger partial charge < -0.3 is 10.1 Å². The zero-order chi connectivity index (χ0) is 17.5. The van der Waals surface area contributed by atoms with Crippen molar-refractivity contribution in [1.82, 2.24) is 14.6 Å². The predicted octanol–water partition coefficient (Wildman–Crippen LogP) is 1.79.